The van der Waals surface area contributed by atoms with E-state index in [0.717, 1.165) is 22.7 Å². The fraction of sp³-hybridized carbons (Fsp3) is 0.143. The van der Waals surface area contributed by atoms with E-state index in [9.17, 15) is 0 Å². The molecule has 0 aliphatic heterocycles. The number of hydrogen-bond acceptors (Lipinski definition) is 3. The van der Waals surface area contributed by atoms with Crippen molar-refractivity contribution in [1.29, 1.82) is 0 Å². The molecule has 5 aromatic rings. The molecule has 4 aromatic carbocycles. The van der Waals surface area contributed by atoms with E-state index in [0.29, 0.717) is 0 Å². The number of thioether (sulfide) groups is 2. The van der Waals surface area contributed by atoms with Crippen LogP contribution in [0.1, 0.15) is 22.3 Å². The van der Waals surface area contributed by atoms with Gasteiger partial charge in [0.05, 0.1) is 0 Å². The first kappa shape index (κ1) is 20.3. The highest BCUT2D eigenvalue weighted by molar-refractivity contribution is 8.01. The first-order valence-corrected chi connectivity index (χ1v) is 12.5. The molecule has 0 N–H and O–H groups in total. The van der Waals surface area contributed by atoms with Gasteiger partial charge in [-0.05, 0) is 60.4 Å². The summed E-state index contributed by atoms with van der Waals surface area (Å²) in [4.78, 5) is 2.60. The van der Waals surface area contributed by atoms with E-state index in [-0.39, 0.29) is 0 Å². The van der Waals surface area contributed by atoms with Gasteiger partial charge in [0.1, 0.15) is 11.2 Å². The van der Waals surface area contributed by atoms with Crippen molar-refractivity contribution in [3.8, 4) is 0 Å². The summed E-state index contributed by atoms with van der Waals surface area (Å²) in [6.45, 7) is 4.31. The minimum atomic E-state index is 0.948. The van der Waals surface area contributed by atoms with E-state index < -0.39 is 0 Å². The minimum Gasteiger partial charge on any atom is -0.456 e. The first-order valence-electron chi connectivity index (χ1n) is 10.5. The van der Waals surface area contributed by atoms with Gasteiger partial charge in [-0.25, -0.2) is 0 Å². The number of furan rings is 1. The minimum absolute atomic E-state index is 0.948. The summed E-state index contributed by atoms with van der Waals surface area (Å²) < 4.78 is 6.28. The van der Waals surface area contributed by atoms with Gasteiger partial charge < -0.3 is 4.42 Å². The highest BCUT2D eigenvalue weighted by atomic mass is 32.2. The summed E-state index contributed by atoms with van der Waals surface area (Å²) in [7, 11) is 0. The molecule has 0 saturated heterocycles. The maximum Gasteiger partial charge on any atom is 0.136 e. The Hall–Kier alpha value is -2.62. The molecular formula is C28H24OS2. The number of benzene rings is 4. The molecule has 1 nitrogen and oxygen atoms in total. The zero-order valence-corrected chi connectivity index (χ0v) is 19.4. The Bertz CT molecular complexity index is 1340. The molecule has 3 heteroatoms. The summed E-state index contributed by atoms with van der Waals surface area (Å²) in [5, 5.41) is 2.41. The topological polar surface area (TPSA) is 13.1 Å². The summed E-state index contributed by atoms with van der Waals surface area (Å²) in [5.41, 5.74) is 7.19. The van der Waals surface area contributed by atoms with Crippen molar-refractivity contribution in [2.24, 2.45) is 0 Å². The molecule has 5 rings (SSSR count). The average molecular weight is 441 g/mol. The van der Waals surface area contributed by atoms with Crippen LogP contribution in [0.3, 0.4) is 0 Å². The smallest absolute Gasteiger partial charge is 0.136 e. The second kappa shape index (κ2) is 8.86. The van der Waals surface area contributed by atoms with E-state index in [1.165, 1.54) is 42.8 Å². The number of fused-ring (bicyclic) bond motifs is 3. The lowest BCUT2D eigenvalue weighted by Crippen LogP contribution is -1.85. The average Bonchev–Trinajstić information content (AvgIpc) is 3.13. The largest absolute Gasteiger partial charge is 0.456 e. The predicted molar refractivity (Wildman–Crippen MR) is 135 cm³/mol. The summed E-state index contributed by atoms with van der Waals surface area (Å²) in [6, 6.07) is 30.3. The molecule has 1 heterocycles. The van der Waals surface area contributed by atoms with Gasteiger partial charge in [-0.3, -0.25) is 0 Å². The molecule has 0 bridgehead atoms. The summed E-state index contributed by atoms with van der Waals surface area (Å²) >= 11 is 3.79. The van der Waals surface area contributed by atoms with Crippen molar-refractivity contribution in [1.82, 2.24) is 0 Å². The highest BCUT2D eigenvalue weighted by Crippen LogP contribution is 2.41. The number of hydrogen-bond donors (Lipinski definition) is 0. The first-order chi connectivity index (χ1) is 15.2. The standard InChI is InChI=1S/C28H24OS2/c1-19-13-23-24-15-27(30-17-21-9-5-3-6-10-21)28(31-18-22-11-7-4-8-12-22)16-26(24)29-25(23)14-20(19)2/h3-16H,17-18H2,1-2H3. The van der Waals surface area contributed by atoms with E-state index in [1.807, 2.05) is 23.5 Å². The molecule has 31 heavy (non-hydrogen) atoms. The van der Waals surface area contributed by atoms with Crippen LogP contribution in [0.5, 0.6) is 0 Å². The molecule has 0 atom stereocenters. The van der Waals surface area contributed by atoms with Gasteiger partial charge in [0.15, 0.2) is 0 Å². The van der Waals surface area contributed by atoms with E-state index >= 15 is 0 Å². The molecule has 0 radical (unpaired) electrons. The molecule has 0 saturated carbocycles. The van der Waals surface area contributed by atoms with Gasteiger partial charge in [0.25, 0.3) is 0 Å². The lowest BCUT2D eigenvalue weighted by molar-refractivity contribution is 0.666. The highest BCUT2D eigenvalue weighted by Gasteiger charge is 2.14. The summed E-state index contributed by atoms with van der Waals surface area (Å²) in [5.74, 6) is 1.91. The molecular weight excluding hydrogens is 416 g/mol. The Kier molecular flexibility index (Phi) is 5.80. The molecule has 0 fully saturated rings. The van der Waals surface area contributed by atoms with Crippen molar-refractivity contribution in [2.75, 3.05) is 0 Å². The molecule has 0 aliphatic rings. The second-order valence-electron chi connectivity index (χ2n) is 7.88. The van der Waals surface area contributed by atoms with Crippen molar-refractivity contribution >= 4 is 45.5 Å². The Morgan fingerprint density at radius 1 is 0.581 bits per heavy atom. The molecule has 0 amide bonds. The Labute approximate surface area is 191 Å². The normalized spacial score (nSPS) is 11.4. The van der Waals surface area contributed by atoms with Gasteiger partial charge in [-0.1, -0.05) is 60.7 Å². The molecule has 1 aromatic heterocycles. The zero-order chi connectivity index (χ0) is 21.2. The van der Waals surface area contributed by atoms with E-state index in [1.54, 1.807) is 0 Å². The molecule has 0 unspecified atom stereocenters. The Morgan fingerprint density at radius 2 is 1.06 bits per heavy atom. The maximum atomic E-state index is 6.28. The fourth-order valence-corrected chi connectivity index (χ4v) is 5.91. The van der Waals surface area contributed by atoms with Crippen LogP contribution in [0.2, 0.25) is 0 Å². The SMILES string of the molecule is Cc1cc2oc3cc(SCc4ccccc4)c(SCc4ccccc4)cc3c2cc1C. The zero-order valence-electron chi connectivity index (χ0n) is 17.7. The van der Waals surface area contributed by atoms with Gasteiger partial charge >= 0.3 is 0 Å². The Balaban J connectivity index is 1.55. The second-order valence-corrected chi connectivity index (χ2v) is 9.91. The van der Waals surface area contributed by atoms with Crippen LogP contribution < -0.4 is 0 Å². The predicted octanol–water partition coefficient (Wildman–Crippen LogP) is 8.79. The van der Waals surface area contributed by atoms with Crippen molar-refractivity contribution in [2.45, 2.75) is 35.1 Å². The van der Waals surface area contributed by atoms with Crippen LogP contribution in [0.15, 0.2) is 99.1 Å². The van der Waals surface area contributed by atoms with Crippen molar-refractivity contribution in [3.63, 3.8) is 0 Å². The van der Waals surface area contributed by atoms with Gasteiger partial charge in [0.2, 0.25) is 0 Å². The molecule has 0 spiro atoms. The van der Waals surface area contributed by atoms with Crippen molar-refractivity contribution < 1.29 is 4.42 Å². The number of aryl methyl sites for hydroxylation is 2. The lowest BCUT2D eigenvalue weighted by atomic mass is 10.1. The van der Waals surface area contributed by atoms with Gasteiger partial charge in [0, 0.05) is 32.1 Å². The monoisotopic (exact) mass is 440 g/mol. The number of rotatable bonds is 6. The Morgan fingerprint density at radius 3 is 1.68 bits per heavy atom. The fourth-order valence-electron chi connectivity index (χ4n) is 3.74. The van der Waals surface area contributed by atoms with Crippen molar-refractivity contribution in [3.05, 3.63) is 107 Å². The lowest BCUT2D eigenvalue weighted by Gasteiger charge is -2.10. The van der Waals surface area contributed by atoms with Crippen LogP contribution in [0.4, 0.5) is 0 Å². The van der Waals surface area contributed by atoms with Crippen LogP contribution in [-0.2, 0) is 11.5 Å². The van der Waals surface area contributed by atoms with E-state index in [2.05, 4.69) is 98.8 Å². The van der Waals surface area contributed by atoms with Gasteiger partial charge in [-0.2, -0.15) is 0 Å². The summed E-state index contributed by atoms with van der Waals surface area (Å²) in [6.07, 6.45) is 0. The van der Waals surface area contributed by atoms with Crippen LogP contribution in [0, 0.1) is 13.8 Å². The third-order valence-electron chi connectivity index (χ3n) is 5.63. The van der Waals surface area contributed by atoms with Crippen LogP contribution in [0.25, 0.3) is 21.9 Å². The molecule has 0 aliphatic carbocycles. The molecule has 154 valence electrons. The maximum absolute atomic E-state index is 6.28. The van der Waals surface area contributed by atoms with Crippen LogP contribution in [-0.4, -0.2) is 0 Å². The van der Waals surface area contributed by atoms with Crippen LogP contribution >= 0.6 is 23.5 Å². The third-order valence-corrected chi connectivity index (χ3v) is 8.01. The van der Waals surface area contributed by atoms with E-state index in [4.69, 9.17) is 4.42 Å². The van der Waals surface area contributed by atoms with Gasteiger partial charge in [-0.15, -0.1) is 23.5 Å². The third kappa shape index (κ3) is 4.39. The quantitative estimate of drug-likeness (QED) is 0.245.